The molecule has 5 heteroatoms. The maximum Gasteiger partial charge on any atom is 0.223 e. The van der Waals surface area contributed by atoms with Crippen molar-refractivity contribution >= 4 is 15.7 Å². The molecule has 2 fully saturated rings. The van der Waals surface area contributed by atoms with E-state index in [1.807, 2.05) is 6.07 Å². The molecule has 1 aliphatic carbocycles. The summed E-state index contributed by atoms with van der Waals surface area (Å²) >= 11 is 0. The summed E-state index contributed by atoms with van der Waals surface area (Å²) in [6.07, 6.45) is 2.16. The van der Waals surface area contributed by atoms with Crippen LogP contribution in [0.5, 0.6) is 0 Å². The van der Waals surface area contributed by atoms with Crippen LogP contribution < -0.4 is 5.32 Å². The summed E-state index contributed by atoms with van der Waals surface area (Å²) < 4.78 is 23.1. The van der Waals surface area contributed by atoms with E-state index >= 15 is 0 Å². The molecule has 1 aromatic rings. The highest BCUT2D eigenvalue weighted by atomic mass is 32.2. The van der Waals surface area contributed by atoms with Crippen molar-refractivity contribution in [2.24, 2.45) is 11.3 Å². The lowest BCUT2D eigenvalue weighted by Gasteiger charge is -2.22. The maximum absolute atomic E-state index is 12.4. The molecule has 0 unspecified atom stereocenters. The van der Waals surface area contributed by atoms with Crippen molar-refractivity contribution in [2.45, 2.75) is 39.0 Å². The zero-order chi connectivity index (χ0) is 16.7. The maximum atomic E-state index is 12.4. The fraction of sp³-hybridized carbons (Fsp3) is 0.611. The van der Waals surface area contributed by atoms with E-state index in [-0.39, 0.29) is 34.7 Å². The first-order valence-corrected chi connectivity index (χ1v) is 10.2. The van der Waals surface area contributed by atoms with Crippen LogP contribution in [-0.2, 0) is 14.6 Å². The lowest BCUT2D eigenvalue weighted by atomic mass is 9.95. The molecule has 1 amide bonds. The normalized spacial score (nSPS) is 25.7. The Balaban J connectivity index is 1.51. The molecule has 1 spiro atoms. The van der Waals surface area contributed by atoms with Crippen molar-refractivity contribution in [1.29, 1.82) is 0 Å². The van der Waals surface area contributed by atoms with Crippen molar-refractivity contribution in [3.8, 4) is 0 Å². The molecule has 4 nitrogen and oxygen atoms in total. The topological polar surface area (TPSA) is 63.2 Å². The van der Waals surface area contributed by atoms with E-state index in [1.54, 1.807) is 0 Å². The highest BCUT2D eigenvalue weighted by Crippen LogP contribution is 2.59. The summed E-state index contributed by atoms with van der Waals surface area (Å²) in [5.41, 5.74) is 2.44. The summed E-state index contributed by atoms with van der Waals surface area (Å²) in [7, 11) is -2.86. The Morgan fingerprint density at radius 1 is 1.35 bits per heavy atom. The van der Waals surface area contributed by atoms with Gasteiger partial charge in [-0.05, 0) is 43.1 Å². The molecular weight excluding hydrogens is 310 g/mol. The molecule has 1 N–H and O–H groups in total. The van der Waals surface area contributed by atoms with Crippen molar-refractivity contribution in [2.75, 3.05) is 18.1 Å². The van der Waals surface area contributed by atoms with E-state index in [9.17, 15) is 13.2 Å². The second-order valence-corrected chi connectivity index (χ2v) is 9.63. The lowest BCUT2D eigenvalue weighted by molar-refractivity contribution is -0.123. The number of sulfone groups is 1. The first kappa shape index (κ1) is 16.5. The Morgan fingerprint density at radius 3 is 2.70 bits per heavy atom. The Kier molecular flexibility index (Phi) is 4.25. The SMILES string of the molecule is Cc1cccc([C@H](C)CNC(=O)[C@H]2CC23CCS(=O)(=O)CC3)c1. The van der Waals surface area contributed by atoms with Crippen LogP contribution in [0.25, 0.3) is 0 Å². The van der Waals surface area contributed by atoms with Gasteiger partial charge in [-0.2, -0.15) is 0 Å². The molecule has 1 saturated carbocycles. The number of amides is 1. The Hall–Kier alpha value is -1.36. The number of rotatable bonds is 4. The van der Waals surface area contributed by atoms with E-state index in [2.05, 4.69) is 37.4 Å². The number of carbonyl (C=O) groups excluding carboxylic acids is 1. The van der Waals surface area contributed by atoms with Gasteiger partial charge in [-0.3, -0.25) is 4.79 Å². The van der Waals surface area contributed by atoms with Gasteiger partial charge in [0.2, 0.25) is 5.91 Å². The number of nitrogens with one attached hydrogen (secondary N) is 1. The van der Waals surface area contributed by atoms with Crippen molar-refractivity contribution < 1.29 is 13.2 Å². The van der Waals surface area contributed by atoms with Gasteiger partial charge in [-0.25, -0.2) is 8.42 Å². The molecule has 1 aromatic carbocycles. The third-order valence-electron chi connectivity index (χ3n) is 5.52. The van der Waals surface area contributed by atoms with Crippen molar-refractivity contribution in [3.05, 3.63) is 35.4 Å². The van der Waals surface area contributed by atoms with Gasteiger partial charge in [0.15, 0.2) is 0 Å². The van der Waals surface area contributed by atoms with Crippen LogP contribution in [0.3, 0.4) is 0 Å². The van der Waals surface area contributed by atoms with Gasteiger partial charge in [-0.15, -0.1) is 0 Å². The van der Waals surface area contributed by atoms with E-state index in [1.165, 1.54) is 11.1 Å². The van der Waals surface area contributed by atoms with E-state index in [0.29, 0.717) is 19.4 Å². The molecule has 0 aromatic heterocycles. The summed E-state index contributed by atoms with van der Waals surface area (Å²) in [6.45, 7) is 4.82. The van der Waals surface area contributed by atoms with E-state index < -0.39 is 9.84 Å². The minimum atomic E-state index is -2.86. The average Bonchev–Trinajstić information content (AvgIpc) is 3.23. The van der Waals surface area contributed by atoms with Crippen LogP contribution >= 0.6 is 0 Å². The molecule has 0 radical (unpaired) electrons. The summed E-state index contributed by atoms with van der Waals surface area (Å²) in [4.78, 5) is 12.4. The van der Waals surface area contributed by atoms with Crippen LogP contribution in [-0.4, -0.2) is 32.4 Å². The second-order valence-electron chi connectivity index (χ2n) is 7.33. The molecule has 2 atom stereocenters. The molecule has 1 heterocycles. The zero-order valence-electron chi connectivity index (χ0n) is 13.8. The Bertz CT molecular complexity index is 697. The van der Waals surface area contributed by atoms with Gasteiger partial charge in [0.25, 0.3) is 0 Å². The number of benzene rings is 1. The zero-order valence-corrected chi connectivity index (χ0v) is 14.7. The summed E-state index contributed by atoms with van der Waals surface area (Å²) in [5, 5.41) is 3.07. The first-order chi connectivity index (χ1) is 10.8. The standard InChI is InChI=1S/C18H25NO3S/c1-13-4-3-5-15(10-13)14(2)12-19-17(20)16-11-18(16)6-8-23(21,22)9-7-18/h3-5,10,14,16H,6-9,11-12H2,1-2H3,(H,19,20)/t14-,16-/m1/s1. The minimum Gasteiger partial charge on any atom is -0.355 e. The van der Waals surface area contributed by atoms with Gasteiger partial charge < -0.3 is 5.32 Å². The molecular formula is C18H25NO3S. The predicted molar refractivity (Wildman–Crippen MR) is 91.0 cm³/mol. The van der Waals surface area contributed by atoms with Crippen molar-refractivity contribution in [3.63, 3.8) is 0 Å². The average molecular weight is 335 g/mol. The van der Waals surface area contributed by atoms with Crippen LogP contribution in [0.4, 0.5) is 0 Å². The lowest BCUT2D eigenvalue weighted by Crippen LogP contribution is -2.33. The highest BCUT2D eigenvalue weighted by Gasteiger charge is 2.59. The van der Waals surface area contributed by atoms with Crippen LogP contribution in [0.2, 0.25) is 0 Å². The molecule has 23 heavy (non-hydrogen) atoms. The molecule has 1 aliphatic heterocycles. The third-order valence-corrected chi connectivity index (χ3v) is 7.17. The van der Waals surface area contributed by atoms with Gasteiger partial charge in [0.1, 0.15) is 9.84 Å². The molecule has 2 aliphatic rings. The summed E-state index contributed by atoms with van der Waals surface area (Å²) in [6, 6.07) is 8.36. The molecule has 0 bridgehead atoms. The summed E-state index contributed by atoms with van der Waals surface area (Å²) in [5.74, 6) is 0.888. The minimum absolute atomic E-state index is 0.0164. The Morgan fingerprint density at radius 2 is 2.04 bits per heavy atom. The largest absolute Gasteiger partial charge is 0.355 e. The highest BCUT2D eigenvalue weighted by molar-refractivity contribution is 7.91. The van der Waals surface area contributed by atoms with Crippen LogP contribution in [0.1, 0.15) is 43.2 Å². The molecule has 126 valence electrons. The first-order valence-electron chi connectivity index (χ1n) is 8.36. The van der Waals surface area contributed by atoms with Crippen LogP contribution in [0, 0.1) is 18.3 Å². The predicted octanol–water partition coefficient (Wildman–Crippen LogP) is 2.43. The van der Waals surface area contributed by atoms with Gasteiger partial charge in [0, 0.05) is 12.5 Å². The number of hydrogen-bond acceptors (Lipinski definition) is 3. The van der Waals surface area contributed by atoms with Gasteiger partial charge >= 0.3 is 0 Å². The van der Waals surface area contributed by atoms with Gasteiger partial charge in [-0.1, -0.05) is 36.8 Å². The third kappa shape index (κ3) is 3.60. The fourth-order valence-corrected chi connectivity index (χ4v) is 5.33. The number of hydrogen-bond donors (Lipinski definition) is 1. The fourth-order valence-electron chi connectivity index (χ4n) is 3.69. The number of carbonyl (C=O) groups is 1. The van der Waals surface area contributed by atoms with Crippen molar-refractivity contribution in [1.82, 2.24) is 5.32 Å². The van der Waals surface area contributed by atoms with E-state index in [0.717, 1.165) is 6.42 Å². The van der Waals surface area contributed by atoms with Crippen LogP contribution in [0.15, 0.2) is 24.3 Å². The number of aryl methyl sites for hydroxylation is 1. The van der Waals surface area contributed by atoms with E-state index in [4.69, 9.17) is 0 Å². The quantitative estimate of drug-likeness (QED) is 0.919. The molecule has 1 saturated heterocycles. The Labute approximate surface area is 138 Å². The second kappa shape index (κ2) is 5.93. The smallest absolute Gasteiger partial charge is 0.223 e. The van der Waals surface area contributed by atoms with Gasteiger partial charge in [0.05, 0.1) is 11.5 Å². The molecule has 3 rings (SSSR count). The monoisotopic (exact) mass is 335 g/mol.